The Labute approximate surface area is 93.0 Å². The van der Waals surface area contributed by atoms with Gasteiger partial charge in [0.15, 0.2) is 0 Å². The van der Waals surface area contributed by atoms with E-state index in [0.29, 0.717) is 13.1 Å². The van der Waals surface area contributed by atoms with Crippen molar-refractivity contribution in [2.75, 3.05) is 13.1 Å². The molecule has 0 aromatic carbocycles. The quantitative estimate of drug-likeness (QED) is 0.650. The smallest absolute Gasteiger partial charge is 0.314 e. The normalized spacial score (nSPS) is 13.4. The van der Waals surface area contributed by atoms with Crippen LogP contribution in [0.25, 0.3) is 0 Å². The number of hydrogen-bond acceptors (Lipinski definition) is 2. The highest BCUT2D eigenvalue weighted by Crippen LogP contribution is 2.19. The van der Waals surface area contributed by atoms with E-state index in [9.17, 15) is 4.79 Å². The summed E-state index contributed by atoms with van der Waals surface area (Å²) in [6.07, 6.45) is 1.85. The zero-order valence-electron chi connectivity index (χ0n) is 10.4. The molecule has 0 aromatic heterocycles. The Morgan fingerprint density at radius 2 is 1.93 bits per heavy atom. The number of rotatable bonds is 5. The first-order valence-corrected chi connectivity index (χ1v) is 5.62. The van der Waals surface area contributed by atoms with E-state index in [1.807, 2.05) is 6.92 Å². The van der Waals surface area contributed by atoms with E-state index in [-0.39, 0.29) is 17.5 Å². The van der Waals surface area contributed by atoms with Crippen LogP contribution in [0.5, 0.6) is 0 Å². The van der Waals surface area contributed by atoms with Gasteiger partial charge in [-0.3, -0.25) is 0 Å². The Balaban J connectivity index is 3.62. The molecule has 1 atom stereocenters. The largest absolute Gasteiger partial charge is 0.338 e. The molecule has 0 heterocycles. The third-order valence-corrected chi connectivity index (χ3v) is 1.93. The fourth-order valence-corrected chi connectivity index (χ4v) is 1.38. The standard InChI is InChI=1S/C11H25N3O/c1-5-6-13-10(15)14-8-9(12)7-11(2,3)4/h9H,5-8,12H2,1-4H3,(H2,13,14,15). The number of urea groups is 1. The predicted octanol–water partition coefficient (Wildman–Crippen LogP) is 1.46. The second-order valence-corrected chi connectivity index (χ2v) is 5.16. The summed E-state index contributed by atoms with van der Waals surface area (Å²) in [5.41, 5.74) is 6.10. The van der Waals surface area contributed by atoms with Crippen molar-refractivity contribution >= 4 is 6.03 Å². The molecule has 4 N–H and O–H groups in total. The van der Waals surface area contributed by atoms with Crippen molar-refractivity contribution in [2.45, 2.75) is 46.6 Å². The van der Waals surface area contributed by atoms with Crippen LogP contribution in [0, 0.1) is 5.41 Å². The van der Waals surface area contributed by atoms with E-state index in [0.717, 1.165) is 12.8 Å². The molecule has 0 saturated carbocycles. The number of carbonyl (C=O) groups excluding carboxylic acids is 1. The first-order chi connectivity index (χ1) is 6.85. The molecule has 0 rings (SSSR count). The zero-order chi connectivity index (χ0) is 11.9. The Hall–Kier alpha value is -0.770. The number of hydrogen-bond donors (Lipinski definition) is 3. The first kappa shape index (κ1) is 14.2. The topological polar surface area (TPSA) is 67.2 Å². The van der Waals surface area contributed by atoms with Crippen molar-refractivity contribution in [3.05, 3.63) is 0 Å². The summed E-state index contributed by atoms with van der Waals surface area (Å²) in [5, 5.41) is 5.51. The number of carbonyl (C=O) groups is 1. The lowest BCUT2D eigenvalue weighted by Crippen LogP contribution is -2.43. The average Bonchev–Trinajstić information content (AvgIpc) is 2.08. The van der Waals surface area contributed by atoms with Crippen molar-refractivity contribution in [2.24, 2.45) is 11.1 Å². The molecule has 0 spiro atoms. The maximum Gasteiger partial charge on any atom is 0.314 e. The molecular formula is C11H25N3O. The van der Waals surface area contributed by atoms with Crippen LogP contribution in [0.2, 0.25) is 0 Å². The van der Waals surface area contributed by atoms with Gasteiger partial charge in [0, 0.05) is 19.1 Å². The van der Waals surface area contributed by atoms with Gasteiger partial charge < -0.3 is 16.4 Å². The summed E-state index contributed by atoms with van der Waals surface area (Å²) in [6.45, 7) is 9.69. The minimum absolute atomic E-state index is 0.0253. The summed E-state index contributed by atoms with van der Waals surface area (Å²) >= 11 is 0. The second-order valence-electron chi connectivity index (χ2n) is 5.16. The molecule has 2 amide bonds. The number of nitrogens with two attached hydrogens (primary N) is 1. The molecule has 0 aromatic rings. The molecule has 4 nitrogen and oxygen atoms in total. The Kier molecular flexibility index (Phi) is 6.32. The van der Waals surface area contributed by atoms with Crippen molar-refractivity contribution < 1.29 is 4.79 Å². The van der Waals surface area contributed by atoms with Crippen LogP contribution >= 0.6 is 0 Å². The maximum absolute atomic E-state index is 11.2. The van der Waals surface area contributed by atoms with E-state index >= 15 is 0 Å². The van der Waals surface area contributed by atoms with E-state index in [4.69, 9.17) is 5.73 Å². The molecular weight excluding hydrogens is 190 g/mol. The molecule has 1 unspecified atom stereocenters. The molecule has 0 radical (unpaired) electrons. The van der Waals surface area contributed by atoms with Gasteiger partial charge in [-0.2, -0.15) is 0 Å². The molecule has 0 saturated heterocycles. The third-order valence-electron chi connectivity index (χ3n) is 1.93. The van der Waals surface area contributed by atoms with Crippen LogP contribution in [-0.2, 0) is 0 Å². The average molecular weight is 215 g/mol. The highest BCUT2D eigenvalue weighted by molar-refractivity contribution is 5.73. The first-order valence-electron chi connectivity index (χ1n) is 5.62. The van der Waals surface area contributed by atoms with E-state index in [1.165, 1.54) is 0 Å². The van der Waals surface area contributed by atoms with Crippen LogP contribution < -0.4 is 16.4 Å². The predicted molar refractivity (Wildman–Crippen MR) is 63.7 cm³/mol. The van der Waals surface area contributed by atoms with Gasteiger partial charge in [-0.05, 0) is 18.3 Å². The minimum Gasteiger partial charge on any atom is -0.338 e. The summed E-state index contributed by atoms with van der Waals surface area (Å²) in [4.78, 5) is 11.2. The van der Waals surface area contributed by atoms with Gasteiger partial charge in [0.25, 0.3) is 0 Å². The lowest BCUT2D eigenvalue weighted by atomic mass is 9.88. The highest BCUT2D eigenvalue weighted by atomic mass is 16.2. The van der Waals surface area contributed by atoms with Gasteiger partial charge in [-0.1, -0.05) is 27.7 Å². The summed E-state index contributed by atoms with van der Waals surface area (Å²) < 4.78 is 0. The molecule has 0 aliphatic heterocycles. The molecule has 0 fully saturated rings. The van der Waals surface area contributed by atoms with Gasteiger partial charge in [0.2, 0.25) is 0 Å². The summed E-state index contributed by atoms with van der Waals surface area (Å²) in [7, 11) is 0. The molecule has 0 aliphatic rings. The Bertz CT molecular complexity index is 187. The van der Waals surface area contributed by atoms with Crippen LogP contribution in [-0.4, -0.2) is 25.2 Å². The molecule has 90 valence electrons. The van der Waals surface area contributed by atoms with E-state index < -0.39 is 0 Å². The zero-order valence-corrected chi connectivity index (χ0v) is 10.4. The van der Waals surface area contributed by atoms with Gasteiger partial charge in [0.1, 0.15) is 0 Å². The molecule has 4 heteroatoms. The molecule has 0 bridgehead atoms. The highest BCUT2D eigenvalue weighted by Gasteiger charge is 2.15. The molecule has 0 aliphatic carbocycles. The van der Waals surface area contributed by atoms with E-state index in [1.54, 1.807) is 0 Å². The van der Waals surface area contributed by atoms with Crippen molar-refractivity contribution in [1.29, 1.82) is 0 Å². The second kappa shape index (κ2) is 6.67. The van der Waals surface area contributed by atoms with Gasteiger partial charge >= 0.3 is 6.03 Å². The van der Waals surface area contributed by atoms with Crippen molar-refractivity contribution in [3.63, 3.8) is 0 Å². The van der Waals surface area contributed by atoms with Crippen LogP contribution in [0.3, 0.4) is 0 Å². The van der Waals surface area contributed by atoms with Crippen LogP contribution in [0.4, 0.5) is 4.79 Å². The minimum atomic E-state index is -0.124. The Morgan fingerprint density at radius 3 is 2.40 bits per heavy atom. The third kappa shape index (κ3) is 9.53. The van der Waals surface area contributed by atoms with Crippen molar-refractivity contribution in [1.82, 2.24) is 10.6 Å². The maximum atomic E-state index is 11.2. The molecule has 15 heavy (non-hydrogen) atoms. The van der Waals surface area contributed by atoms with Crippen LogP contribution in [0.15, 0.2) is 0 Å². The Morgan fingerprint density at radius 1 is 1.33 bits per heavy atom. The lowest BCUT2D eigenvalue weighted by Gasteiger charge is -2.23. The summed E-state index contributed by atoms with van der Waals surface area (Å²) in [6, 6.07) is -0.0985. The SMILES string of the molecule is CCCNC(=O)NCC(N)CC(C)(C)C. The number of amides is 2. The fraction of sp³-hybridized carbons (Fsp3) is 0.909. The van der Waals surface area contributed by atoms with Crippen LogP contribution in [0.1, 0.15) is 40.5 Å². The monoisotopic (exact) mass is 215 g/mol. The lowest BCUT2D eigenvalue weighted by molar-refractivity contribution is 0.238. The number of nitrogens with one attached hydrogen (secondary N) is 2. The van der Waals surface area contributed by atoms with Gasteiger partial charge in [0.05, 0.1) is 0 Å². The van der Waals surface area contributed by atoms with Gasteiger partial charge in [-0.25, -0.2) is 4.79 Å². The van der Waals surface area contributed by atoms with Crippen molar-refractivity contribution in [3.8, 4) is 0 Å². The summed E-state index contributed by atoms with van der Waals surface area (Å²) in [5.74, 6) is 0. The van der Waals surface area contributed by atoms with E-state index in [2.05, 4.69) is 31.4 Å². The van der Waals surface area contributed by atoms with Gasteiger partial charge in [-0.15, -0.1) is 0 Å². The fourth-order valence-electron chi connectivity index (χ4n) is 1.38.